The third kappa shape index (κ3) is 3.27. The predicted molar refractivity (Wildman–Crippen MR) is 76.8 cm³/mol. The molecule has 0 spiro atoms. The highest BCUT2D eigenvalue weighted by molar-refractivity contribution is 9.11. The van der Waals surface area contributed by atoms with E-state index >= 15 is 0 Å². The highest BCUT2D eigenvalue weighted by Crippen LogP contribution is 2.32. The minimum Gasteiger partial charge on any atom is -0.506 e. The van der Waals surface area contributed by atoms with Crippen molar-refractivity contribution in [1.82, 2.24) is 4.98 Å². The Labute approximate surface area is 119 Å². The maximum absolute atomic E-state index is 9.54. The van der Waals surface area contributed by atoms with E-state index in [1.807, 2.05) is 5.38 Å². The highest BCUT2D eigenvalue weighted by atomic mass is 79.9. The Morgan fingerprint density at radius 1 is 1.35 bits per heavy atom. The number of nitrogens with one attached hydrogen (secondary N) is 1. The number of rotatable bonds is 3. The summed E-state index contributed by atoms with van der Waals surface area (Å²) in [6.45, 7) is 0. The normalized spacial score (nSPS) is 10.9. The molecule has 7 heteroatoms. The van der Waals surface area contributed by atoms with Crippen LogP contribution in [0, 0.1) is 0 Å². The van der Waals surface area contributed by atoms with Gasteiger partial charge in [0.05, 0.1) is 15.2 Å². The molecule has 1 aromatic carbocycles. The zero-order valence-electron chi connectivity index (χ0n) is 8.39. The quantitative estimate of drug-likeness (QED) is 0.632. The third-order valence-electron chi connectivity index (χ3n) is 1.85. The third-order valence-corrected chi connectivity index (χ3v) is 3.73. The molecule has 2 aromatic rings. The number of thiazole rings is 1. The Morgan fingerprint density at radius 3 is 2.65 bits per heavy atom. The molecular formula is C10H7Br2N3OS. The van der Waals surface area contributed by atoms with Crippen LogP contribution in [-0.4, -0.2) is 16.3 Å². The molecule has 0 aliphatic rings. The van der Waals surface area contributed by atoms with Crippen molar-refractivity contribution in [2.75, 3.05) is 5.43 Å². The van der Waals surface area contributed by atoms with Crippen LogP contribution >= 0.6 is 43.2 Å². The second kappa shape index (κ2) is 5.61. The number of anilines is 1. The molecule has 2 N–H and O–H groups in total. The molecule has 0 saturated carbocycles. The Balaban J connectivity index is 2.11. The van der Waals surface area contributed by atoms with Crippen LogP contribution in [0.25, 0.3) is 0 Å². The summed E-state index contributed by atoms with van der Waals surface area (Å²) < 4.78 is 1.23. The summed E-state index contributed by atoms with van der Waals surface area (Å²) in [4.78, 5) is 4.03. The summed E-state index contributed by atoms with van der Waals surface area (Å²) in [5.74, 6) is 0.176. The van der Waals surface area contributed by atoms with E-state index in [9.17, 15) is 5.11 Å². The molecule has 0 fully saturated rings. The van der Waals surface area contributed by atoms with E-state index in [0.717, 1.165) is 10.7 Å². The number of hydrazone groups is 1. The molecule has 0 unspecified atom stereocenters. The molecule has 17 heavy (non-hydrogen) atoms. The van der Waals surface area contributed by atoms with Crippen molar-refractivity contribution >= 4 is 54.5 Å². The highest BCUT2D eigenvalue weighted by Gasteiger charge is 2.04. The molecule has 88 valence electrons. The number of aromatic nitrogens is 1. The van der Waals surface area contributed by atoms with Gasteiger partial charge in [-0.3, -0.25) is 5.43 Å². The van der Waals surface area contributed by atoms with Crippen LogP contribution in [0.5, 0.6) is 5.75 Å². The Bertz CT molecular complexity index is 519. The summed E-state index contributed by atoms with van der Waals surface area (Å²) >= 11 is 7.98. The topological polar surface area (TPSA) is 57.5 Å². The number of halogens is 2. The number of phenolic OH excluding ortho intramolecular Hbond substituents is 1. The Kier molecular flexibility index (Phi) is 4.14. The van der Waals surface area contributed by atoms with E-state index in [0.29, 0.717) is 8.95 Å². The van der Waals surface area contributed by atoms with Crippen molar-refractivity contribution in [3.05, 3.63) is 38.2 Å². The fourth-order valence-electron chi connectivity index (χ4n) is 1.10. The van der Waals surface area contributed by atoms with Crippen LogP contribution in [0.2, 0.25) is 0 Å². The van der Waals surface area contributed by atoms with Crippen LogP contribution in [0.3, 0.4) is 0 Å². The van der Waals surface area contributed by atoms with Gasteiger partial charge >= 0.3 is 0 Å². The Hall–Kier alpha value is -0.920. The van der Waals surface area contributed by atoms with Gasteiger partial charge in [0.1, 0.15) is 5.75 Å². The lowest BCUT2D eigenvalue weighted by Crippen LogP contribution is -1.90. The second-order valence-electron chi connectivity index (χ2n) is 3.04. The minimum atomic E-state index is 0.176. The number of benzene rings is 1. The SMILES string of the molecule is Oc1c(Br)cc(/C=N\Nc2nccs2)cc1Br. The fraction of sp³-hybridized carbons (Fsp3) is 0. The molecule has 1 heterocycles. The Morgan fingerprint density at radius 2 is 2.06 bits per heavy atom. The van der Waals surface area contributed by atoms with E-state index in [2.05, 4.69) is 47.4 Å². The summed E-state index contributed by atoms with van der Waals surface area (Å²) in [6.07, 6.45) is 3.35. The average Bonchev–Trinajstić information content (AvgIpc) is 2.79. The van der Waals surface area contributed by atoms with E-state index in [4.69, 9.17) is 0 Å². The zero-order valence-corrected chi connectivity index (χ0v) is 12.4. The van der Waals surface area contributed by atoms with Crippen LogP contribution in [-0.2, 0) is 0 Å². The van der Waals surface area contributed by atoms with Gasteiger partial charge in [0, 0.05) is 11.6 Å². The van der Waals surface area contributed by atoms with Gasteiger partial charge in [0.15, 0.2) is 0 Å². The predicted octanol–water partition coefficient (Wildman–Crippen LogP) is 3.82. The lowest BCUT2D eigenvalue weighted by Gasteiger charge is -2.01. The molecule has 0 amide bonds. The molecular weight excluding hydrogens is 370 g/mol. The first kappa shape index (κ1) is 12.5. The first-order valence-electron chi connectivity index (χ1n) is 4.53. The smallest absolute Gasteiger partial charge is 0.203 e. The van der Waals surface area contributed by atoms with Crippen molar-refractivity contribution in [3.8, 4) is 5.75 Å². The van der Waals surface area contributed by atoms with E-state index in [-0.39, 0.29) is 5.75 Å². The van der Waals surface area contributed by atoms with Gasteiger partial charge in [0.25, 0.3) is 0 Å². The summed E-state index contributed by atoms with van der Waals surface area (Å²) in [5.41, 5.74) is 3.66. The van der Waals surface area contributed by atoms with Crippen LogP contribution in [0.1, 0.15) is 5.56 Å². The number of aromatic hydroxyl groups is 1. The van der Waals surface area contributed by atoms with E-state index in [1.54, 1.807) is 24.5 Å². The molecule has 1 aromatic heterocycles. The number of nitrogens with zero attached hydrogens (tertiary/aromatic N) is 2. The van der Waals surface area contributed by atoms with Crippen molar-refractivity contribution in [1.29, 1.82) is 0 Å². The first-order chi connectivity index (χ1) is 8.16. The van der Waals surface area contributed by atoms with Crippen LogP contribution in [0.4, 0.5) is 5.13 Å². The van der Waals surface area contributed by atoms with Gasteiger partial charge in [-0.25, -0.2) is 4.98 Å². The number of hydrogen-bond donors (Lipinski definition) is 2. The fourth-order valence-corrected chi connectivity index (χ4v) is 2.80. The van der Waals surface area contributed by atoms with E-state index < -0.39 is 0 Å². The maximum Gasteiger partial charge on any atom is 0.203 e. The van der Waals surface area contributed by atoms with Crippen molar-refractivity contribution in [2.24, 2.45) is 5.10 Å². The number of phenols is 1. The molecule has 2 rings (SSSR count). The van der Waals surface area contributed by atoms with Gasteiger partial charge in [0.2, 0.25) is 5.13 Å². The second-order valence-corrected chi connectivity index (χ2v) is 5.64. The molecule has 0 saturated heterocycles. The zero-order chi connectivity index (χ0) is 12.3. The summed E-state index contributed by atoms with van der Waals surface area (Å²) in [5, 5.41) is 16.2. The lowest BCUT2D eigenvalue weighted by molar-refractivity contribution is 0.468. The number of hydrogen-bond acceptors (Lipinski definition) is 5. The molecule has 0 bridgehead atoms. The van der Waals surface area contributed by atoms with Gasteiger partial charge < -0.3 is 5.11 Å². The molecule has 0 aliphatic carbocycles. The summed E-state index contributed by atoms with van der Waals surface area (Å²) in [6, 6.07) is 3.54. The van der Waals surface area contributed by atoms with E-state index in [1.165, 1.54) is 11.3 Å². The van der Waals surface area contributed by atoms with Crippen molar-refractivity contribution in [3.63, 3.8) is 0 Å². The molecule has 0 radical (unpaired) electrons. The maximum atomic E-state index is 9.54. The monoisotopic (exact) mass is 375 g/mol. The van der Waals surface area contributed by atoms with Gasteiger partial charge in [-0.05, 0) is 49.6 Å². The van der Waals surface area contributed by atoms with Gasteiger partial charge in [-0.15, -0.1) is 11.3 Å². The lowest BCUT2D eigenvalue weighted by atomic mass is 10.2. The molecule has 0 aliphatic heterocycles. The van der Waals surface area contributed by atoms with Crippen LogP contribution in [0.15, 0.2) is 37.8 Å². The standard InChI is InChI=1S/C10H7Br2N3OS/c11-7-3-6(4-8(12)9(7)16)5-14-15-10-13-1-2-17-10/h1-5,16H,(H,13,15)/b14-5-. The molecule has 0 atom stereocenters. The molecule has 4 nitrogen and oxygen atoms in total. The largest absolute Gasteiger partial charge is 0.506 e. The summed E-state index contributed by atoms with van der Waals surface area (Å²) in [7, 11) is 0. The minimum absolute atomic E-state index is 0.176. The van der Waals surface area contributed by atoms with Crippen molar-refractivity contribution in [2.45, 2.75) is 0 Å². The van der Waals surface area contributed by atoms with Gasteiger partial charge in [-0.2, -0.15) is 5.10 Å². The van der Waals surface area contributed by atoms with Crippen LogP contribution < -0.4 is 5.43 Å². The first-order valence-corrected chi connectivity index (χ1v) is 7.00. The van der Waals surface area contributed by atoms with Crippen molar-refractivity contribution < 1.29 is 5.11 Å². The average molecular weight is 377 g/mol. The van der Waals surface area contributed by atoms with Gasteiger partial charge in [-0.1, -0.05) is 0 Å².